The molecule has 0 spiro atoms. The van der Waals surface area contributed by atoms with Crippen LogP contribution < -0.4 is 5.53 Å². The summed E-state index contributed by atoms with van der Waals surface area (Å²) in [4.78, 5) is 48.7. The van der Waals surface area contributed by atoms with E-state index in [2.05, 4.69) is 5.11 Å². The number of hydrogen-bond acceptors (Lipinski definition) is 13. The lowest BCUT2D eigenvalue weighted by Crippen LogP contribution is -2.63. The summed E-state index contributed by atoms with van der Waals surface area (Å²) in [6.45, 7) is 3.47. The van der Waals surface area contributed by atoms with E-state index in [1.165, 1.54) is 11.8 Å². The lowest BCUT2D eigenvalue weighted by Gasteiger charge is -2.44. The molecule has 13 nitrogen and oxygen atoms in total. The van der Waals surface area contributed by atoms with E-state index < -0.39 is 96.9 Å². The maximum absolute atomic E-state index is 14.3. The van der Waals surface area contributed by atoms with Gasteiger partial charge in [0.2, 0.25) is 12.4 Å². The molecule has 45 heavy (non-hydrogen) atoms. The summed E-state index contributed by atoms with van der Waals surface area (Å²) in [5, 5.41) is 3.01. The molecule has 0 aliphatic carbocycles. The van der Waals surface area contributed by atoms with E-state index in [1.807, 2.05) is 6.26 Å². The van der Waals surface area contributed by atoms with Gasteiger partial charge in [-0.2, -0.15) is 13.2 Å². The Kier molecular flexibility index (Phi) is 12.0. The van der Waals surface area contributed by atoms with Gasteiger partial charge in [-0.15, -0.1) is 16.9 Å². The number of benzene rings is 1. The van der Waals surface area contributed by atoms with E-state index in [4.69, 9.17) is 33.2 Å². The highest BCUT2D eigenvalue weighted by molar-refractivity contribution is 7.98. The highest BCUT2D eigenvalue weighted by atomic mass is 32.2. The number of nitrogens with zero attached hydrogens (tertiary/aromatic N) is 2. The Morgan fingerprint density at radius 2 is 1.49 bits per heavy atom. The molecule has 17 heteroatoms. The molecule has 1 aromatic carbocycles. The first-order chi connectivity index (χ1) is 21.1. The number of esters is 4. The lowest BCUT2D eigenvalue weighted by atomic mass is 9.95. The van der Waals surface area contributed by atoms with E-state index in [9.17, 15) is 37.9 Å². The third-order valence-electron chi connectivity index (χ3n) is 6.30. The normalized spacial score (nSPS) is 24.8. The van der Waals surface area contributed by atoms with Crippen molar-refractivity contribution in [3.63, 3.8) is 0 Å². The van der Waals surface area contributed by atoms with Gasteiger partial charge in [-0.25, -0.2) is 0 Å². The predicted molar refractivity (Wildman–Crippen MR) is 146 cm³/mol. The van der Waals surface area contributed by atoms with Crippen molar-refractivity contribution in [1.82, 2.24) is 5.53 Å². The van der Waals surface area contributed by atoms with Crippen molar-refractivity contribution >= 4 is 35.6 Å². The Bertz CT molecular complexity index is 1350. The van der Waals surface area contributed by atoms with Crippen LogP contribution in [-0.2, 0) is 58.8 Å². The minimum absolute atomic E-state index is 0.385. The number of halogens is 3. The van der Waals surface area contributed by atoms with Crippen LogP contribution in [0.25, 0.3) is 0 Å². The molecule has 1 fully saturated rings. The minimum Gasteiger partial charge on any atom is -0.466 e. The van der Waals surface area contributed by atoms with Gasteiger partial charge in [0.05, 0.1) is 11.8 Å². The van der Waals surface area contributed by atoms with Crippen molar-refractivity contribution in [3.05, 3.63) is 53.0 Å². The van der Waals surface area contributed by atoms with E-state index in [0.29, 0.717) is 11.8 Å². The summed E-state index contributed by atoms with van der Waals surface area (Å²) in [6.07, 6.45) is -13.3. The molecule has 2 aliphatic heterocycles. The second-order valence-corrected chi connectivity index (χ2v) is 10.6. The Labute approximate surface area is 259 Å². The monoisotopic (exact) mass is 659 g/mol. The standard InChI is InChI=1S/C28H30F3N2O11S/c1-13(34)38-12-21-23(40-14(2)35)24(41-15(3)36)25(42-16(4)37)27(43-21)44-22-19(10-17-6-8-18(45-5)9-7-17)20(28(29,30)31)11-39-26(22)33-32/h6-9,11,21,23-27H,10,12H2,1-5H3/t21-,23-,24+,25-,26?,27+/m1/s1. The van der Waals surface area contributed by atoms with Crippen molar-refractivity contribution in [2.24, 2.45) is 5.11 Å². The second-order valence-electron chi connectivity index (χ2n) is 9.69. The topological polar surface area (TPSA) is 168 Å². The molecular formula is C28H30F3N2O11S. The summed E-state index contributed by atoms with van der Waals surface area (Å²) in [6, 6.07) is 6.59. The maximum Gasteiger partial charge on any atom is 0.419 e. The first-order valence-corrected chi connectivity index (χ1v) is 14.5. The largest absolute Gasteiger partial charge is 0.466 e. The SMILES string of the molecule is CSc1ccc(CC2=C(O[C@@H]3O[C@H](COC(C)=O)[C@@H](OC(C)=O)[C@H](OC(C)=O)[C@H]3OC(C)=O)C(N=[N])OC=C2C(F)(F)F)cc1. The van der Waals surface area contributed by atoms with Crippen LogP contribution in [0.1, 0.15) is 33.3 Å². The van der Waals surface area contributed by atoms with Crippen LogP contribution >= 0.6 is 11.8 Å². The van der Waals surface area contributed by atoms with E-state index in [0.717, 1.165) is 32.6 Å². The smallest absolute Gasteiger partial charge is 0.419 e. The van der Waals surface area contributed by atoms with Crippen LogP contribution in [0.4, 0.5) is 13.2 Å². The molecule has 0 aromatic heterocycles. The fourth-order valence-corrected chi connectivity index (χ4v) is 4.94. The van der Waals surface area contributed by atoms with Crippen LogP contribution in [0.2, 0.25) is 0 Å². The number of ether oxygens (including phenoxy) is 7. The molecule has 1 aromatic rings. The van der Waals surface area contributed by atoms with E-state index >= 15 is 0 Å². The zero-order valence-corrected chi connectivity index (χ0v) is 25.5. The summed E-state index contributed by atoms with van der Waals surface area (Å²) in [5.74, 6) is -4.23. The number of alkyl halides is 3. The van der Waals surface area contributed by atoms with Crippen molar-refractivity contribution in [2.45, 2.75) is 82.1 Å². The molecule has 0 bridgehead atoms. The number of carbonyl (C=O) groups is 4. The highest BCUT2D eigenvalue weighted by Crippen LogP contribution is 2.41. The summed E-state index contributed by atoms with van der Waals surface area (Å²) < 4.78 is 80.6. The van der Waals surface area contributed by atoms with E-state index in [1.54, 1.807) is 24.3 Å². The van der Waals surface area contributed by atoms with Gasteiger partial charge in [-0.1, -0.05) is 12.1 Å². The molecule has 1 saturated heterocycles. The van der Waals surface area contributed by atoms with Crippen molar-refractivity contribution < 1.29 is 65.5 Å². The fraction of sp³-hybridized carbons (Fsp3) is 0.500. The molecule has 0 N–H and O–H groups in total. The number of hydrogen-bond donors (Lipinski definition) is 0. The first kappa shape index (κ1) is 35.4. The Morgan fingerprint density at radius 3 is 2.00 bits per heavy atom. The van der Waals surface area contributed by atoms with Gasteiger partial charge in [0.25, 0.3) is 6.23 Å². The number of rotatable bonds is 11. The van der Waals surface area contributed by atoms with Gasteiger partial charge >= 0.3 is 30.1 Å². The molecule has 2 heterocycles. The zero-order chi connectivity index (χ0) is 33.5. The van der Waals surface area contributed by atoms with Gasteiger partial charge in [-0.3, -0.25) is 19.2 Å². The molecule has 2 aliphatic rings. The average Bonchev–Trinajstić information content (AvgIpc) is 2.94. The average molecular weight is 660 g/mol. The van der Waals surface area contributed by atoms with Gasteiger partial charge in [0.1, 0.15) is 12.7 Å². The van der Waals surface area contributed by atoms with Crippen LogP contribution in [-0.4, -0.2) is 79.8 Å². The molecule has 245 valence electrons. The van der Waals surface area contributed by atoms with Gasteiger partial charge in [0, 0.05) is 44.6 Å². The Balaban J connectivity index is 2.18. The number of thioether (sulfide) groups is 1. The lowest BCUT2D eigenvalue weighted by molar-refractivity contribution is -0.302. The Hall–Kier alpha value is -4.12. The molecule has 0 saturated carbocycles. The molecule has 1 unspecified atom stereocenters. The Morgan fingerprint density at radius 1 is 0.911 bits per heavy atom. The first-order valence-electron chi connectivity index (χ1n) is 13.2. The van der Waals surface area contributed by atoms with Crippen LogP contribution in [0.15, 0.2) is 57.4 Å². The molecule has 1 radical (unpaired) electrons. The number of allylic oxidation sites excluding steroid dienone is 2. The van der Waals surface area contributed by atoms with Gasteiger partial charge in [-0.05, 0) is 29.5 Å². The van der Waals surface area contributed by atoms with Crippen LogP contribution in [0.3, 0.4) is 0 Å². The minimum atomic E-state index is -4.97. The summed E-state index contributed by atoms with van der Waals surface area (Å²) in [5.41, 5.74) is 8.35. The molecule has 6 atom stereocenters. The molecule has 0 amide bonds. The molecule has 3 rings (SSSR count). The summed E-state index contributed by atoms with van der Waals surface area (Å²) >= 11 is 1.42. The maximum atomic E-state index is 14.3. The van der Waals surface area contributed by atoms with Gasteiger partial charge < -0.3 is 33.2 Å². The highest BCUT2D eigenvalue weighted by Gasteiger charge is 2.54. The predicted octanol–water partition coefficient (Wildman–Crippen LogP) is 3.36. The van der Waals surface area contributed by atoms with Crippen molar-refractivity contribution in [2.75, 3.05) is 12.9 Å². The fourth-order valence-electron chi connectivity index (χ4n) is 4.53. The van der Waals surface area contributed by atoms with Crippen LogP contribution in [0, 0.1) is 0 Å². The quantitative estimate of drug-likeness (QED) is 0.147. The van der Waals surface area contributed by atoms with Crippen LogP contribution in [0.5, 0.6) is 0 Å². The van der Waals surface area contributed by atoms with Crippen molar-refractivity contribution in [3.8, 4) is 0 Å². The third kappa shape index (κ3) is 9.43. The second kappa shape index (κ2) is 15.2. The third-order valence-corrected chi connectivity index (χ3v) is 7.05. The van der Waals surface area contributed by atoms with Gasteiger partial charge in [0.15, 0.2) is 18.0 Å². The van der Waals surface area contributed by atoms with E-state index in [-0.39, 0.29) is 0 Å². The summed E-state index contributed by atoms with van der Waals surface area (Å²) in [7, 11) is 0. The zero-order valence-electron chi connectivity index (χ0n) is 24.7. The van der Waals surface area contributed by atoms with Crippen molar-refractivity contribution in [1.29, 1.82) is 0 Å². The molecular weight excluding hydrogens is 629 g/mol. The number of carbonyl (C=O) groups excluding carboxylic acids is 4.